The molecule has 2 rings (SSSR count). The largest absolute Gasteiger partial charge is 0.480 e. The average molecular weight is 315 g/mol. The van der Waals surface area contributed by atoms with Crippen LogP contribution in [0.3, 0.4) is 0 Å². The molecule has 0 bridgehead atoms. The second kappa shape index (κ2) is 7.17. The van der Waals surface area contributed by atoms with E-state index in [1.807, 2.05) is 0 Å². The Bertz CT molecular complexity index is 552. The van der Waals surface area contributed by atoms with Crippen LogP contribution in [0.25, 0.3) is 0 Å². The molecular formula is C14H15F2NO5. The zero-order valence-corrected chi connectivity index (χ0v) is 11.6. The van der Waals surface area contributed by atoms with Gasteiger partial charge in [0, 0.05) is 12.1 Å². The Morgan fingerprint density at radius 3 is 2.82 bits per heavy atom. The molecule has 1 fully saturated rings. The molecule has 1 aliphatic heterocycles. The summed E-state index contributed by atoms with van der Waals surface area (Å²) in [5.74, 6) is -1.72. The molecule has 1 amide bonds. The highest BCUT2D eigenvalue weighted by atomic mass is 19.3. The predicted octanol–water partition coefficient (Wildman–Crippen LogP) is 1.14. The highest BCUT2D eigenvalue weighted by Crippen LogP contribution is 2.22. The van der Waals surface area contributed by atoms with E-state index in [-0.39, 0.29) is 37.5 Å². The second-order valence-corrected chi connectivity index (χ2v) is 4.68. The van der Waals surface area contributed by atoms with Gasteiger partial charge in [-0.3, -0.25) is 4.79 Å². The van der Waals surface area contributed by atoms with Gasteiger partial charge in [0.25, 0.3) is 0 Å². The smallest absolute Gasteiger partial charge is 0.387 e. The number of aliphatic carboxylic acids is 1. The number of hydrogen-bond donors (Lipinski definition) is 1. The Hall–Kier alpha value is -2.22. The second-order valence-electron chi connectivity index (χ2n) is 4.68. The average Bonchev–Trinajstić information content (AvgIpc) is 2.48. The summed E-state index contributed by atoms with van der Waals surface area (Å²) in [6.45, 7) is -2.69. The molecule has 1 N–H and O–H groups in total. The summed E-state index contributed by atoms with van der Waals surface area (Å²) in [4.78, 5) is 24.6. The molecule has 1 aromatic carbocycles. The van der Waals surface area contributed by atoms with Crippen molar-refractivity contribution in [3.63, 3.8) is 0 Å². The van der Waals surface area contributed by atoms with Crippen LogP contribution in [0, 0.1) is 0 Å². The molecule has 1 atom stereocenters. The standard InChI is InChI=1S/C14H15F2NO5/c15-14(16)22-11-4-2-1-3-9(11)7-12(18)17-5-6-21-8-10(17)13(19)20/h1-4,10,14H,5-8H2,(H,19,20). The highest BCUT2D eigenvalue weighted by Gasteiger charge is 2.32. The molecule has 120 valence electrons. The molecule has 0 radical (unpaired) electrons. The van der Waals surface area contributed by atoms with Crippen LogP contribution in [0.1, 0.15) is 5.56 Å². The monoisotopic (exact) mass is 315 g/mol. The van der Waals surface area contributed by atoms with E-state index in [1.165, 1.54) is 23.1 Å². The number of carboxylic acid groups (broad SMARTS) is 1. The molecule has 0 aromatic heterocycles. The third kappa shape index (κ3) is 3.91. The minimum Gasteiger partial charge on any atom is -0.480 e. The Morgan fingerprint density at radius 2 is 2.14 bits per heavy atom. The minimum absolute atomic E-state index is 0.0870. The topological polar surface area (TPSA) is 76.1 Å². The quantitative estimate of drug-likeness (QED) is 0.882. The summed E-state index contributed by atoms with van der Waals surface area (Å²) in [6, 6.07) is 4.87. The number of rotatable bonds is 5. The number of amides is 1. The summed E-state index contributed by atoms with van der Waals surface area (Å²) in [5, 5.41) is 9.10. The van der Waals surface area contributed by atoms with Crippen LogP contribution < -0.4 is 4.74 Å². The fourth-order valence-electron chi connectivity index (χ4n) is 2.23. The van der Waals surface area contributed by atoms with Crippen molar-refractivity contribution in [1.29, 1.82) is 0 Å². The van der Waals surface area contributed by atoms with Crippen LogP contribution in [0.15, 0.2) is 24.3 Å². The Balaban J connectivity index is 2.12. The number of halogens is 2. The summed E-state index contributed by atoms with van der Waals surface area (Å²) in [6.07, 6.45) is -0.216. The van der Waals surface area contributed by atoms with Gasteiger partial charge >= 0.3 is 12.6 Å². The van der Waals surface area contributed by atoms with Gasteiger partial charge in [0.15, 0.2) is 6.04 Å². The van der Waals surface area contributed by atoms with Crippen LogP contribution in [0.5, 0.6) is 5.75 Å². The Morgan fingerprint density at radius 1 is 1.41 bits per heavy atom. The number of carboxylic acids is 1. The number of benzene rings is 1. The number of hydrogen-bond acceptors (Lipinski definition) is 4. The lowest BCUT2D eigenvalue weighted by atomic mass is 10.1. The van der Waals surface area contributed by atoms with Gasteiger partial charge in [0.2, 0.25) is 5.91 Å². The number of ether oxygens (including phenoxy) is 2. The van der Waals surface area contributed by atoms with Crippen molar-refractivity contribution in [3.8, 4) is 5.75 Å². The van der Waals surface area contributed by atoms with Crippen LogP contribution in [0.2, 0.25) is 0 Å². The van der Waals surface area contributed by atoms with Gasteiger partial charge in [-0.25, -0.2) is 4.79 Å². The van der Waals surface area contributed by atoms with Gasteiger partial charge in [-0.05, 0) is 6.07 Å². The number of para-hydroxylation sites is 1. The van der Waals surface area contributed by atoms with Crippen LogP contribution in [0.4, 0.5) is 8.78 Å². The lowest BCUT2D eigenvalue weighted by Gasteiger charge is -2.33. The molecule has 1 heterocycles. The zero-order valence-electron chi connectivity index (χ0n) is 11.6. The number of nitrogens with zero attached hydrogens (tertiary/aromatic N) is 1. The fourth-order valence-corrected chi connectivity index (χ4v) is 2.23. The number of alkyl halides is 2. The van der Waals surface area contributed by atoms with E-state index in [2.05, 4.69) is 4.74 Å². The van der Waals surface area contributed by atoms with E-state index in [1.54, 1.807) is 6.07 Å². The first kappa shape index (κ1) is 16.2. The molecule has 1 aliphatic rings. The predicted molar refractivity (Wildman–Crippen MR) is 70.7 cm³/mol. The lowest BCUT2D eigenvalue weighted by molar-refractivity contribution is -0.158. The number of carbonyl (C=O) groups excluding carboxylic acids is 1. The third-order valence-electron chi connectivity index (χ3n) is 3.26. The molecule has 0 aliphatic carbocycles. The van der Waals surface area contributed by atoms with Crippen LogP contribution >= 0.6 is 0 Å². The maximum Gasteiger partial charge on any atom is 0.387 e. The first-order chi connectivity index (χ1) is 10.5. The molecule has 0 saturated carbocycles. The van der Waals surface area contributed by atoms with Crippen molar-refractivity contribution in [2.24, 2.45) is 0 Å². The Kier molecular flexibility index (Phi) is 5.26. The lowest BCUT2D eigenvalue weighted by Crippen LogP contribution is -2.53. The van der Waals surface area contributed by atoms with Gasteiger partial charge in [-0.1, -0.05) is 18.2 Å². The summed E-state index contributed by atoms with van der Waals surface area (Å²) in [7, 11) is 0. The molecule has 22 heavy (non-hydrogen) atoms. The summed E-state index contributed by atoms with van der Waals surface area (Å²) in [5.41, 5.74) is 0.281. The van der Waals surface area contributed by atoms with Gasteiger partial charge in [-0.15, -0.1) is 0 Å². The summed E-state index contributed by atoms with van der Waals surface area (Å²) >= 11 is 0. The van der Waals surface area contributed by atoms with Gasteiger partial charge in [-0.2, -0.15) is 8.78 Å². The van der Waals surface area contributed by atoms with Crippen molar-refractivity contribution in [2.45, 2.75) is 19.1 Å². The normalized spacial score (nSPS) is 18.3. The van der Waals surface area contributed by atoms with Crippen molar-refractivity contribution in [1.82, 2.24) is 4.90 Å². The van der Waals surface area contributed by atoms with Crippen LogP contribution in [-0.4, -0.2) is 54.3 Å². The van der Waals surface area contributed by atoms with Crippen molar-refractivity contribution in [3.05, 3.63) is 29.8 Å². The van der Waals surface area contributed by atoms with E-state index >= 15 is 0 Å². The van der Waals surface area contributed by atoms with E-state index < -0.39 is 24.5 Å². The molecule has 1 saturated heterocycles. The maximum atomic E-state index is 12.3. The first-order valence-corrected chi connectivity index (χ1v) is 6.61. The molecule has 0 spiro atoms. The zero-order chi connectivity index (χ0) is 16.1. The number of morpholine rings is 1. The van der Waals surface area contributed by atoms with Gasteiger partial charge in [0.1, 0.15) is 5.75 Å². The van der Waals surface area contributed by atoms with E-state index in [4.69, 9.17) is 9.84 Å². The van der Waals surface area contributed by atoms with Crippen LogP contribution in [-0.2, 0) is 20.7 Å². The highest BCUT2D eigenvalue weighted by molar-refractivity contribution is 5.85. The minimum atomic E-state index is -2.99. The van der Waals surface area contributed by atoms with E-state index in [9.17, 15) is 18.4 Å². The molecule has 6 nitrogen and oxygen atoms in total. The van der Waals surface area contributed by atoms with Crippen molar-refractivity contribution < 1.29 is 33.0 Å². The third-order valence-corrected chi connectivity index (χ3v) is 3.26. The Labute approximate surface area is 125 Å². The first-order valence-electron chi connectivity index (χ1n) is 6.61. The SMILES string of the molecule is O=C(O)C1COCCN1C(=O)Cc1ccccc1OC(F)F. The maximum absolute atomic E-state index is 12.3. The summed E-state index contributed by atoms with van der Waals surface area (Å²) < 4.78 is 34.1. The molecular weight excluding hydrogens is 300 g/mol. The molecule has 1 aromatic rings. The molecule has 8 heteroatoms. The van der Waals surface area contributed by atoms with E-state index in [0.29, 0.717) is 0 Å². The number of carbonyl (C=O) groups is 2. The molecule has 1 unspecified atom stereocenters. The van der Waals surface area contributed by atoms with Crippen molar-refractivity contribution in [2.75, 3.05) is 19.8 Å². The van der Waals surface area contributed by atoms with Gasteiger partial charge in [0.05, 0.1) is 19.6 Å². The van der Waals surface area contributed by atoms with Gasteiger partial charge < -0.3 is 19.5 Å². The van der Waals surface area contributed by atoms with E-state index in [0.717, 1.165) is 0 Å². The fraction of sp³-hybridized carbons (Fsp3) is 0.429. The van der Waals surface area contributed by atoms with Crippen molar-refractivity contribution >= 4 is 11.9 Å².